The van der Waals surface area contributed by atoms with Crippen LogP contribution in [0.1, 0.15) is 0 Å². The van der Waals surface area contributed by atoms with Crippen LogP contribution in [0.15, 0.2) is 121 Å². The van der Waals surface area contributed by atoms with Gasteiger partial charge in [0.15, 0.2) is 11.6 Å². The molecule has 6 rings (SSSR count). The van der Waals surface area contributed by atoms with Gasteiger partial charge in [-0.3, -0.25) is 0 Å². The number of fused-ring (bicyclic) bond motifs is 1. The molecule has 0 bridgehead atoms. The summed E-state index contributed by atoms with van der Waals surface area (Å²) in [5.41, 5.74) is 6.21. The summed E-state index contributed by atoms with van der Waals surface area (Å²) >= 11 is 6.42. The Balaban J connectivity index is 1.47. The van der Waals surface area contributed by atoms with E-state index < -0.39 is 0 Å². The van der Waals surface area contributed by atoms with Crippen molar-refractivity contribution in [2.75, 3.05) is 0 Å². The van der Waals surface area contributed by atoms with Crippen LogP contribution in [0.5, 0.6) is 0 Å². The highest BCUT2D eigenvalue weighted by Crippen LogP contribution is 2.33. The molecule has 0 radical (unpaired) electrons. The molecule has 4 heteroatoms. The molecule has 6 aromatic rings. The minimum Gasteiger partial charge on any atom is -0.208 e. The molecule has 0 amide bonds. The average Bonchev–Trinajstić information content (AvgIpc) is 2.93. The third kappa shape index (κ3) is 4.18. The van der Waals surface area contributed by atoms with Crippen molar-refractivity contribution in [3.63, 3.8) is 0 Å². The number of aromatic nitrogens is 3. The summed E-state index contributed by atoms with van der Waals surface area (Å²) in [6.07, 6.45) is 0. The van der Waals surface area contributed by atoms with Gasteiger partial charge in [-0.15, -0.1) is 0 Å². The maximum absolute atomic E-state index is 6.42. The summed E-state index contributed by atoms with van der Waals surface area (Å²) in [7, 11) is 0. The second-order valence-corrected chi connectivity index (χ2v) is 8.61. The lowest BCUT2D eigenvalue weighted by Crippen LogP contribution is -1.98. The van der Waals surface area contributed by atoms with Crippen molar-refractivity contribution in [2.24, 2.45) is 0 Å². The Hall–Kier alpha value is -4.34. The molecule has 0 fully saturated rings. The number of hydrogen-bond donors (Lipinski definition) is 0. The number of hydrogen-bond acceptors (Lipinski definition) is 3. The first kappa shape index (κ1) is 21.2. The quantitative estimate of drug-likeness (QED) is 0.260. The summed E-state index contributed by atoms with van der Waals surface area (Å²) in [4.78, 5) is 13.8. The molecule has 35 heavy (non-hydrogen) atoms. The van der Waals surface area contributed by atoms with E-state index in [1.165, 1.54) is 16.3 Å². The molecule has 1 heterocycles. The molecule has 0 aliphatic heterocycles. The molecule has 1 aromatic heterocycles. The largest absolute Gasteiger partial charge is 0.226 e. The van der Waals surface area contributed by atoms with Crippen LogP contribution in [-0.4, -0.2) is 15.0 Å². The molecule has 0 unspecified atom stereocenters. The maximum Gasteiger partial charge on any atom is 0.226 e. The van der Waals surface area contributed by atoms with E-state index in [1.807, 2.05) is 48.5 Å². The summed E-state index contributed by atoms with van der Waals surface area (Å²) in [6.45, 7) is 0. The Morgan fingerprint density at radius 3 is 1.91 bits per heavy atom. The van der Waals surface area contributed by atoms with Gasteiger partial charge in [0, 0.05) is 11.1 Å². The summed E-state index contributed by atoms with van der Waals surface area (Å²) in [5.74, 6) is 1.10. The van der Waals surface area contributed by atoms with Crippen LogP contribution in [0, 0.1) is 0 Å². The number of halogens is 1. The van der Waals surface area contributed by atoms with E-state index in [-0.39, 0.29) is 5.28 Å². The van der Waals surface area contributed by atoms with Crippen molar-refractivity contribution in [2.45, 2.75) is 0 Å². The van der Waals surface area contributed by atoms with Gasteiger partial charge >= 0.3 is 0 Å². The first-order valence-electron chi connectivity index (χ1n) is 11.4. The smallest absolute Gasteiger partial charge is 0.208 e. The lowest BCUT2D eigenvalue weighted by Gasteiger charge is -2.11. The molecule has 0 aliphatic carbocycles. The lowest BCUT2D eigenvalue weighted by atomic mass is 9.97. The third-order valence-corrected chi connectivity index (χ3v) is 6.25. The predicted octanol–water partition coefficient (Wildman–Crippen LogP) is 8.35. The Labute approximate surface area is 208 Å². The Morgan fingerprint density at radius 1 is 0.429 bits per heavy atom. The zero-order chi connectivity index (χ0) is 23.6. The van der Waals surface area contributed by atoms with Crippen molar-refractivity contribution in [1.82, 2.24) is 15.0 Å². The van der Waals surface area contributed by atoms with Crippen LogP contribution in [0.3, 0.4) is 0 Å². The highest BCUT2D eigenvalue weighted by Gasteiger charge is 2.14. The van der Waals surface area contributed by atoms with Crippen molar-refractivity contribution in [3.05, 3.63) is 127 Å². The first-order chi connectivity index (χ1) is 17.3. The van der Waals surface area contributed by atoms with Gasteiger partial charge in [-0.05, 0) is 50.7 Å². The zero-order valence-corrected chi connectivity index (χ0v) is 19.5. The van der Waals surface area contributed by atoms with E-state index in [9.17, 15) is 0 Å². The maximum atomic E-state index is 6.42. The first-order valence-corrected chi connectivity index (χ1v) is 11.8. The Bertz CT molecular complexity index is 1660. The normalized spacial score (nSPS) is 11.0. The van der Waals surface area contributed by atoms with Crippen LogP contribution in [0.25, 0.3) is 55.8 Å². The number of benzene rings is 5. The molecule has 0 aliphatic rings. The summed E-state index contributed by atoms with van der Waals surface area (Å²) in [5, 5.41) is 2.58. The Kier molecular flexibility index (Phi) is 5.53. The van der Waals surface area contributed by atoms with E-state index in [2.05, 4.69) is 82.8 Å². The summed E-state index contributed by atoms with van der Waals surface area (Å²) in [6, 6.07) is 41.3. The van der Waals surface area contributed by atoms with Gasteiger partial charge in [0.1, 0.15) is 0 Å². The third-order valence-electron chi connectivity index (χ3n) is 6.08. The van der Waals surface area contributed by atoms with Crippen LogP contribution in [-0.2, 0) is 0 Å². The van der Waals surface area contributed by atoms with Crippen molar-refractivity contribution in [1.29, 1.82) is 0 Å². The second kappa shape index (κ2) is 9.13. The number of nitrogens with zero attached hydrogens (tertiary/aromatic N) is 3. The van der Waals surface area contributed by atoms with E-state index >= 15 is 0 Å². The molecule has 166 valence electrons. The van der Waals surface area contributed by atoms with Crippen molar-refractivity contribution in [3.8, 4) is 45.0 Å². The molecule has 3 nitrogen and oxygen atoms in total. The molecule has 0 atom stereocenters. The van der Waals surface area contributed by atoms with E-state index in [0.29, 0.717) is 11.6 Å². The van der Waals surface area contributed by atoms with Crippen molar-refractivity contribution < 1.29 is 0 Å². The van der Waals surface area contributed by atoms with Gasteiger partial charge in [0.05, 0.1) is 0 Å². The van der Waals surface area contributed by atoms with Crippen LogP contribution >= 0.6 is 11.6 Å². The van der Waals surface area contributed by atoms with Crippen LogP contribution in [0.2, 0.25) is 5.28 Å². The Morgan fingerprint density at radius 2 is 1.03 bits per heavy atom. The van der Waals surface area contributed by atoms with Gasteiger partial charge in [-0.2, -0.15) is 9.97 Å². The molecule has 0 saturated heterocycles. The fourth-order valence-electron chi connectivity index (χ4n) is 4.45. The summed E-state index contributed by atoms with van der Waals surface area (Å²) < 4.78 is 0. The minimum atomic E-state index is 0.170. The minimum absolute atomic E-state index is 0.170. The fraction of sp³-hybridized carbons (Fsp3) is 0. The van der Waals surface area contributed by atoms with Gasteiger partial charge in [0.25, 0.3) is 0 Å². The molecular formula is C31H20ClN3. The average molecular weight is 470 g/mol. The fourth-order valence-corrected chi connectivity index (χ4v) is 4.61. The SMILES string of the molecule is Clc1nc(-c2cccc(-c3cccc4ccccc34)c2)nc(-c2ccccc2-c2ccccc2)n1. The number of rotatable bonds is 4. The second-order valence-electron chi connectivity index (χ2n) is 8.27. The molecule has 0 N–H and O–H groups in total. The van der Waals surface area contributed by atoms with E-state index in [4.69, 9.17) is 16.6 Å². The van der Waals surface area contributed by atoms with Gasteiger partial charge in [-0.25, -0.2) is 4.98 Å². The van der Waals surface area contributed by atoms with Crippen molar-refractivity contribution >= 4 is 22.4 Å². The molecule has 0 saturated carbocycles. The predicted molar refractivity (Wildman–Crippen MR) is 144 cm³/mol. The van der Waals surface area contributed by atoms with Crippen LogP contribution in [0.4, 0.5) is 0 Å². The monoisotopic (exact) mass is 469 g/mol. The van der Waals surface area contributed by atoms with E-state index in [1.54, 1.807) is 0 Å². The molecular weight excluding hydrogens is 450 g/mol. The van der Waals surface area contributed by atoms with Crippen LogP contribution < -0.4 is 0 Å². The van der Waals surface area contributed by atoms with Gasteiger partial charge in [-0.1, -0.05) is 115 Å². The highest BCUT2D eigenvalue weighted by molar-refractivity contribution is 6.28. The molecule has 5 aromatic carbocycles. The standard InChI is InChI=1S/C31H20ClN3/c32-31-34-29(33-30(35-31)28-18-7-6-17-26(28)21-10-2-1-3-11-21)24-15-8-14-23(20-24)27-19-9-13-22-12-4-5-16-25(22)27/h1-20H. The zero-order valence-electron chi connectivity index (χ0n) is 18.8. The van der Waals surface area contributed by atoms with Gasteiger partial charge < -0.3 is 0 Å². The molecule has 0 spiro atoms. The van der Waals surface area contributed by atoms with E-state index in [0.717, 1.165) is 27.8 Å². The highest BCUT2D eigenvalue weighted by atomic mass is 35.5. The topological polar surface area (TPSA) is 38.7 Å². The van der Waals surface area contributed by atoms with Gasteiger partial charge in [0.2, 0.25) is 5.28 Å². The lowest BCUT2D eigenvalue weighted by molar-refractivity contribution is 1.07.